The van der Waals surface area contributed by atoms with Crippen LogP contribution >= 0.6 is 0 Å². The quantitative estimate of drug-likeness (QED) is 0.822. The fourth-order valence-corrected chi connectivity index (χ4v) is 1.84. The standard InChI is InChI=1S/C14H20N2O3/c1-10-4-5-15-8-11(10)9-16-12(17)6-14(2,3)7-13(18)19/h4-5,8H,6-7,9H2,1-3H3,(H,16,17)(H,18,19). The van der Waals surface area contributed by atoms with Gasteiger partial charge in [0.15, 0.2) is 0 Å². The summed E-state index contributed by atoms with van der Waals surface area (Å²) in [6, 6.07) is 1.88. The van der Waals surface area contributed by atoms with E-state index in [0.717, 1.165) is 11.1 Å². The minimum absolute atomic E-state index is 0.0215. The highest BCUT2D eigenvalue weighted by Gasteiger charge is 2.25. The minimum Gasteiger partial charge on any atom is -0.481 e. The lowest BCUT2D eigenvalue weighted by Crippen LogP contribution is -2.30. The van der Waals surface area contributed by atoms with Gasteiger partial charge in [-0.15, -0.1) is 0 Å². The van der Waals surface area contributed by atoms with Crippen LogP contribution in [0.15, 0.2) is 18.5 Å². The summed E-state index contributed by atoms with van der Waals surface area (Å²) < 4.78 is 0. The average Bonchev–Trinajstić information content (AvgIpc) is 2.25. The van der Waals surface area contributed by atoms with Gasteiger partial charge in [-0.2, -0.15) is 0 Å². The van der Waals surface area contributed by atoms with Crippen molar-refractivity contribution >= 4 is 11.9 Å². The number of nitrogens with zero attached hydrogens (tertiary/aromatic N) is 1. The van der Waals surface area contributed by atoms with Crippen LogP contribution in [0.1, 0.15) is 37.8 Å². The molecule has 104 valence electrons. The van der Waals surface area contributed by atoms with Crippen LogP contribution in [-0.4, -0.2) is 22.0 Å². The molecule has 1 heterocycles. The maximum Gasteiger partial charge on any atom is 0.303 e. The minimum atomic E-state index is -0.888. The number of nitrogens with one attached hydrogen (secondary N) is 1. The zero-order valence-electron chi connectivity index (χ0n) is 11.6. The van der Waals surface area contributed by atoms with Gasteiger partial charge in [-0.1, -0.05) is 13.8 Å². The number of hydrogen-bond donors (Lipinski definition) is 2. The third-order valence-electron chi connectivity index (χ3n) is 2.89. The van der Waals surface area contributed by atoms with Crippen molar-refractivity contribution in [1.82, 2.24) is 10.3 Å². The highest BCUT2D eigenvalue weighted by atomic mass is 16.4. The first-order chi connectivity index (χ1) is 8.80. The molecule has 0 saturated heterocycles. The molecule has 0 saturated carbocycles. The lowest BCUT2D eigenvalue weighted by atomic mass is 9.85. The van der Waals surface area contributed by atoms with Crippen LogP contribution in [0.2, 0.25) is 0 Å². The molecule has 0 aliphatic carbocycles. The fourth-order valence-electron chi connectivity index (χ4n) is 1.84. The Hall–Kier alpha value is -1.91. The van der Waals surface area contributed by atoms with Crippen molar-refractivity contribution in [2.75, 3.05) is 0 Å². The zero-order chi connectivity index (χ0) is 14.5. The molecule has 0 fully saturated rings. The van der Waals surface area contributed by atoms with Gasteiger partial charge in [0.1, 0.15) is 0 Å². The SMILES string of the molecule is Cc1ccncc1CNC(=O)CC(C)(C)CC(=O)O. The van der Waals surface area contributed by atoms with E-state index in [1.165, 1.54) is 0 Å². The Labute approximate surface area is 113 Å². The molecular formula is C14H20N2O3. The van der Waals surface area contributed by atoms with Gasteiger partial charge in [-0.05, 0) is 29.5 Å². The molecule has 1 aromatic rings. The maximum absolute atomic E-state index is 11.8. The van der Waals surface area contributed by atoms with E-state index in [1.807, 2.05) is 13.0 Å². The number of aliphatic carboxylic acids is 1. The van der Waals surface area contributed by atoms with Crippen molar-refractivity contribution in [3.05, 3.63) is 29.6 Å². The summed E-state index contributed by atoms with van der Waals surface area (Å²) in [5.41, 5.74) is 1.49. The number of pyridine rings is 1. The van der Waals surface area contributed by atoms with E-state index in [0.29, 0.717) is 6.54 Å². The number of carbonyl (C=O) groups excluding carboxylic acids is 1. The highest BCUT2D eigenvalue weighted by molar-refractivity contribution is 5.77. The number of aromatic nitrogens is 1. The van der Waals surface area contributed by atoms with Crippen LogP contribution in [0.5, 0.6) is 0 Å². The molecule has 1 aromatic heterocycles. The summed E-state index contributed by atoms with van der Waals surface area (Å²) >= 11 is 0. The van der Waals surface area contributed by atoms with Gasteiger partial charge in [0.05, 0.1) is 6.42 Å². The van der Waals surface area contributed by atoms with Crippen molar-refractivity contribution in [2.45, 2.75) is 40.2 Å². The molecule has 0 aliphatic rings. The smallest absolute Gasteiger partial charge is 0.303 e. The van der Waals surface area contributed by atoms with Gasteiger partial charge < -0.3 is 10.4 Å². The molecule has 0 bridgehead atoms. The zero-order valence-corrected chi connectivity index (χ0v) is 11.6. The van der Waals surface area contributed by atoms with Crippen LogP contribution in [-0.2, 0) is 16.1 Å². The van der Waals surface area contributed by atoms with Crippen LogP contribution in [0, 0.1) is 12.3 Å². The number of amides is 1. The van der Waals surface area contributed by atoms with Crippen LogP contribution in [0.4, 0.5) is 0 Å². The summed E-state index contributed by atoms with van der Waals surface area (Å²) in [4.78, 5) is 26.5. The van der Waals surface area contributed by atoms with Crippen LogP contribution in [0.25, 0.3) is 0 Å². The van der Waals surface area contributed by atoms with Gasteiger partial charge in [0, 0.05) is 25.4 Å². The van der Waals surface area contributed by atoms with Crippen molar-refractivity contribution in [3.63, 3.8) is 0 Å². The first kappa shape index (κ1) is 15.1. The molecule has 2 N–H and O–H groups in total. The van der Waals surface area contributed by atoms with Crippen molar-refractivity contribution in [1.29, 1.82) is 0 Å². The molecule has 19 heavy (non-hydrogen) atoms. The second-order valence-electron chi connectivity index (χ2n) is 5.49. The summed E-state index contributed by atoms with van der Waals surface area (Å²) in [5.74, 6) is -1.03. The van der Waals surface area contributed by atoms with Crippen LogP contribution in [0.3, 0.4) is 0 Å². The summed E-state index contributed by atoms with van der Waals surface area (Å²) in [6.07, 6.45) is 3.60. The highest BCUT2D eigenvalue weighted by Crippen LogP contribution is 2.24. The first-order valence-electron chi connectivity index (χ1n) is 6.18. The van der Waals surface area contributed by atoms with Gasteiger partial charge in [0.25, 0.3) is 0 Å². The van der Waals surface area contributed by atoms with Gasteiger partial charge in [-0.3, -0.25) is 14.6 Å². The molecule has 0 aromatic carbocycles. The lowest BCUT2D eigenvalue weighted by molar-refractivity contribution is -0.139. The van der Waals surface area contributed by atoms with E-state index in [4.69, 9.17) is 5.11 Å². The Morgan fingerprint density at radius 2 is 2.05 bits per heavy atom. The number of carboxylic acid groups (broad SMARTS) is 1. The van der Waals surface area contributed by atoms with Gasteiger partial charge >= 0.3 is 5.97 Å². The topological polar surface area (TPSA) is 79.3 Å². The number of rotatable bonds is 6. The van der Waals surface area contributed by atoms with E-state index in [9.17, 15) is 9.59 Å². The Morgan fingerprint density at radius 1 is 1.37 bits per heavy atom. The van der Waals surface area contributed by atoms with Gasteiger partial charge in [0.2, 0.25) is 5.91 Å². The molecule has 0 atom stereocenters. The van der Waals surface area contributed by atoms with Crippen molar-refractivity contribution < 1.29 is 14.7 Å². The Bertz CT molecular complexity index is 470. The molecule has 5 nitrogen and oxygen atoms in total. The van der Waals surface area contributed by atoms with E-state index >= 15 is 0 Å². The van der Waals surface area contributed by atoms with E-state index in [-0.39, 0.29) is 18.7 Å². The predicted molar refractivity (Wildman–Crippen MR) is 71.5 cm³/mol. The summed E-state index contributed by atoms with van der Waals surface area (Å²) in [7, 11) is 0. The van der Waals surface area contributed by atoms with Crippen molar-refractivity contribution in [2.24, 2.45) is 5.41 Å². The van der Waals surface area contributed by atoms with Crippen molar-refractivity contribution in [3.8, 4) is 0 Å². The van der Waals surface area contributed by atoms with Crippen LogP contribution < -0.4 is 5.32 Å². The molecule has 1 amide bonds. The second kappa shape index (κ2) is 6.31. The molecule has 1 rings (SSSR count). The number of carbonyl (C=O) groups is 2. The number of hydrogen-bond acceptors (Lipinski definition) is 3. The molecule has 0 spiro atoms. The Balaban J connectivity index is 2.48. The number of carboxylic acids is 1. The number of aryl methyl sites for hydroxylation is 1. The Kier molecular flexibility index (Phi) is 5.03. The normalized spacial score (nSPS) is 11.1. The van der Waals surface area contributed by atoms with E-state index in [2.05, 4.69) is 10.3 Å². The molecule has 5 heteroatoms. The maximum atomic E-state index is 11.8. The summed E-state index contributed by atoms with van der Waals surface area (Å²) in [6.45, 7) is 5.92. The van der Waals surface area contributed by atoms with E-state index < -0.39 is 11.4 Å². The fraction of sp³-hybridized carbons (Fsp3) is 0.500. The largest absolute Gasteiger partial charge is 0.481 e. The monoisotopic (exact) mass is 264 g/mol. The molecule has 0 unspecified atom stereocenters. The molecule has 0 aliphatic heterocycles. The molecule has 0 radical (unpaired) electrons. The second-order valence-corrected chi connectivity index (χ2v) is 5.49. The Morgan fingerprint density at radius 3 is 2.63 bits per heavy atom. The lowest BCUT2D eigenvalue weighted by Gasteiger charge is -2.21. The third kappa shape index (κ3) is 5.50. The van der Waals surface area contributed by atoms with E-state index in [1.54, 1.807) is 26.2 Å². The first-order valence-corrected chi connectivity index (χ1v) is 6.18. The average molecular weight is 264 g/mol. The molecular weight excluding hydrogens is 244 g/mol. The van der Waals surface area contributed by atoms with Gasteiger partial charge in [-0.25, -0.2) is 0 Å². The third-order valence-corrected chi connectivity index (χ3v) is 2.89. The predicted octanol–water partition coefficient (Wildman–Crippen LogP) is 1.90. The summed E-state index contributed by atoms with van der Waals surface area (Å²) in [5, 5.41) is 11.6.